The van der Waals surface area contributed by atoms with E-state index in [1.165, 1.54) is 10.8 Å². The number of hydrogen-bond donors (Lipinski definition) is 1. The number of aromatic amines is 1. The fourth-order valence-electron chi connectivity index (χ4n) is 1.69. The zero-order chi connectivity index (χ0) is 11.7. The molecule has 82 valence electrons. The van der Waals surface area contributed by atoms with Gasteiger partial charge in [0.1, 0.15) is 0 Å². The Labute approximate surface area is 92.2 Å². The monoisotopic (exact) mass is 216 g/mol. The average molecular weight is 216 g/mol. The number of aryl methyl sites for hydroxylation is 2. The molecule has 1 N–H and O–H groups in total. The second kappa shape index (κ2) is 3.81. The van der Waals surface area contributed by atoms with Crippen LogP contribution in [0.1, 0.15) is 11.1 Å². The Morgan fingerprint density at radius 3 is 2.62 bits per heavy atom. The third kappa shape index (κ3) is 1.69. The first-order valence-corrected chi connectivity index (χ1v) is 4.97. The number of hydrogen-bond acceptors (Lipinski definition) is 2. The van der Waals surface area contributed by atoms with Gasteiger partial charge in [-0.05, 0) is 25.5 Å². The molecular weight excluding hydrogens is 204 g/mol. The van der Waals surface area contributed by atoms with Gasteiger partial charge in [-0.25, -0.2) is 0 Å². The third-order valence-electron chi connectivity index (χ3n) is 2.46. The molecule has 4 heteroatoms. The molecule has 1 aromatic heterocycles. The maximum atomic E-state index is 11.6. The molecule has 2 aromatic rings. The fraction of sp³-hybridized carbons (Fsp3) is 0.167. The van der Waals surface area contributed by atoms with Crippen molar-refractivity contribution in [1.82, 2.24) is 9.55 Å². The van der Waals surface area contributed by atoms with Gasteiger partial charge in [0.2, 0.25) is 0 Å². The van der Waals surface area contributed by atoms with E-state index in [4.69, 9.17) is 0 Å². The van der Waals surface area contributed by atoms with E-state index in [-0.39, 0.29) is 0 Å². The van der Waals surface area contributed by atoms with Crippen LogP contribution >= 0.6 is 0 Å². The van der Waals surface area contributed by atoms with Crippen LogP contribution in [0, 0.1) is 13.8 Å². The smallest absolute Gasteiger partial charge is 0.320 e. The lowest BCUT2D eigenvalue weighted by Gasteiger charge is -2.08. The fourth-order valence-corrected chi connectivity index (χ4v) is 1.69. The molecule has 0 amide bonds. The summed E-state index contributed by atoms with van der Waals surface area (Å²) >= 11 is 0. The van der Waals surface area contributed by atoms with Gasteiger partial charge in [0.25, 0.3) is 0 Å². The zero-order valence-electron chi connectivity index (χ0n) is 9.15. The Kier molecular flexibility index (Phi) is 2.48. The quantitative estimate of drug-likeness (QED) is 0.727. The van der Waals surface area contributed by atoms with E-state index in [9.17, 15) is 9.59 Å². The molecule has 0 unspecified atom stereocenters. The highest BCUT2D eigenvalue weighted by Gasteiger charge is 2.04. The lowest BCUT2D eigenvalue weighted by Crippen LogP contribution is -2.34. The van der Waals surface area contributed by atoms with Gasteiger partial charge in [-0.3, -0.25) is 14.2 Å². The van der Waals surface area contributed by atoms with Crippen LogP contribution in [0.5, 0.6) is 0 Å². The minimum absolute atomic E-state index is 0.561. The summed E-state index contributed by atoms with van der Waals surface area (Å²) in [4.78, 5) is 25.2. The van der Waals surface area contributed by atoms with Gasteiger partial charge >= 0.3 is 11.1 Å². The Hall–Kier alpha value is -2.10. The molecule has 0 aliphatic carbocycles. The first-order chi connectivity index (χ1) is 7.59. The molecule has 0 bridgehead atoms. The van der Waals surface area contributed by atoms with Gasteiger partial charge in [0.15, 0.2) is 0 Å². The first kappa shape index (κ1) is 10.4. The molecular formula is C12H12N2O2. The van der Waals surface area contributed by atoms with Crippen LogP contribution in [0.25, 0.3) is 5.69 Å². The number of nitrogens with zero attached hydrogens (tertiary/aromatic N) is 1. The largest absolute Gasteiger partial charge is 0.323 e. The van der Waals surface area contributed by atoms with E-state index in [0.717, 1.165) is 16.8 Å². The normalized spacial score (nSPS) is 10.4. The van der Waals surface area contributed by atoms with Crippen molar-refractivity contribution in [1.29, 1.82) is 0 Å². The number of aromatic nitrogens is 2. The van der Waals surface area contributed by atoms with Gasteiger partial charge in [-0.2, -0.15) is 0 Å². The lowest BCUT2D eigenvalue weighted by atomic mass is 10.1. The molecule has 0 spiro atoms. The summed E-state index contributed by atoms with van der Waals surface area (Å²) in [5.41, 5.74) is 1.66. The average Bonchev–Trinajstić information content (AvgIpc) is 2.23. The molecule has 0 atom stereocenters. The minimum Gasteiger partial charge on any atom is -0.323 e. The highest BCUT2D eigenvalue weighted by molar-refractivity contribution is 5.42. The molecule has 1 aromatic carbocycles. The van der Waals surface area contributed by atoms with E-state index in [1.54, 1.807) is 6.20 Å². The Morgan fingerprint density at radius 1 is 1.19 bits per heavy atom. The van der Waals surface area contributed by atoms with Crippen molar-refractivity contribution in [2.45, 2.75) is 13.8 Å². The number of H-pyrrole nitrogens is 1. The summed E-state index contributed by atoms with van der Waals surface area (Å²) in [7, 11) is 0. The van der Waals surface area contributed by atoms with Gasteiger partial charge in [0.05, 0.1) is 5.69 Å². The lowest BCUT2D eigenvalue weighted by molar-refractivity contribution is 0.919. The van der Waals surface area contributed by atoms with Crippen LogP contribution in [0.15, 0.2) is 40.2 Å². The molecule has 0 aliphatic heterocycles. The van der Waals surface area contributed by atoms with E-state index in [1.807, 2.05) is 32.0 Å². The van der Waals surface area contributed by atoms with Crippen molar-refractivity contribution < 1.29 is 0 Å². The van der Waals surface area contributed by atoms with E-state index in [0.29, 0.717) is 0 Å². The van der Waals surface area contributed by atoms with Crippen molar-refractivity contribution in [3.05, 3.63) is 62.4 Å². The third-order valence-corrected chi connectivity index (χ3v) is 2.46. The summed E-state index contributed by atoms with van der Waals surface area (Å²) in [6.07, 6.45) is 3.02. The second-order valence-corrected chi connectivity index (χ2v) is 3.75. The topological polar surface area (TPSA) is 54.9 Å². The first-order valence-electron chi connectivity index (χ1n) is 4.97. The predicted octanol–water partition coefficient (Wildman–Crippen LogP) is 1.14. The van der Waals surface area contributed by atoms with Crippen LogP contribution in [-0.4, -0.2) is 9.55 Å². The van der Waals surface area contributed by atoms with Crippen molar-refractivity contribution in [3.63, 3.8) is 0 Å². The summed E-state index contributed by atoms with van der Waals surface area (Å²) < 4.78 is 1.35. The highest BCUT2D eigenvalue weighted by atomic mass is 16.2. The number of benzene rings is 1. The highest BCUT2D eigenvalue weighted by Crippen LogP contribution is 2.12. The van der Waals surface area contributed by atoms with Crippen molar-refractivity contribution >= 4 is 0 Å². The zero-order valence-corrected chi connectivity index (χ0v) is 9.15. The van der Waals surface area contributed by atoms with Crippen molar-refractivity contribution in [2.75, 3.05) is 0 Å². The van der Waals surface area contributed by atoms with Gasteiger partial charge in [-0.1, -0.05) is 17.7 Å². The second-order valence-electron chi connectivity index (χ2n) is 3.75. The summed E-state index contributed by atoms with van der Waals surface area (Å²) in [5, 5.41) is 0. The maximum absolute atomic E-state index is 11.6. The Morgan fingerprint density at radius 2 is 1.94 bits per heavy atom. The van der Waals surface area contributed by atoms with Crippen LogP contribution in [0.3, 0.4) is 0 Å². The molecule has 0 saturated heterocycles. The van der Waals surface area contributed by atoms with Crippen LogP contribution in [0.2, 0.25) is 0 Å². The van der Waals surface area contributed by atoms with Crippen LogP contribution < -0.4 is 11.1 Å². The number of nitrogens with one attached hydrogen (secondary N) is 1. The standard InChI is InChI=1S/C12H12N2O2/c1-8-3-4-10(9(2)7-8)14-6-5-13-11(15)12(14)16/h3-7H,1-2H3,(H,13,15). The van der Waals surface area contributed by atoms with Crippen molar-refractivity contribution in [2.24, 2.45) is 0 Å². The maximum Gasteiger partial charge on any atom is 0.320 e. The Balaban J connectivity index is 2.73. The van der Waals surface area contributed by atoms with Crippen LogP contribution in [-0.2, 0) is 0 Å². The van der Waals surface area contributed by atoms with E-state index in [2.05, 4.69) is 4.98 Å². The van der Waals surface area contributed by atoms with E-state index >= 15 is 0 Å². The molecule has 0 saturated carbocycles. The SMILES string of the molecule is Cc1ccc(-n2cc[nH]c(=O)c2=O)c(C)c1. The molecule has 1 heterocycles. The summed E-state index contributed by atoms with van der Waals surface area (Å²) in [6.45, 7) is 3.90. The summed E-state index contributed by atoms with van der Waals surface area (Å²) in [6, 6.07) is 5.73. The molecule has 0 aliphatic rings. The Bertz CT molecular complexity index is 638. The van der Waals surface area contributed by atoms with Crippen LogP contribution in [0.4, 0.5) is 0 Å². The predicted molar refractivity (Wildman–Crippen MR) is 62.1 cm³/mol. The molecule has 16 heavy (non-hydrogen) atoms. The summed E-state index contributed by atoms with van der Waals surface area (Å²) in [5.74, 6) is 0. The van der Waals surface area contributed by atoms with Gasteiger partial charge in [-0.15, -0.1) is 0 Å². The number of rotatable bonds is 1. The van der Waals surface area contributed by atoms with Gasteiger partial charge in [0, 0.05) is 12.4 Å². The molecule has 4 nitrogen and oxygen atoms in total. The van der Waals surface area contributed by atoms with Gasteiger partial charge < -0.3 is 4.98 Å². The molecule has 0 radical (unpaired) electrons. The van der Waals surface area contributed by atoms with Crippen molar-refractivity contribution in [3.8, 4) is 5.69 Å². The van der Waals surface area contributed by atoms with E-state index < -0.39 is 11.1 Å². The minimum atomic E-state index is -0.609. The molecule has 0 fully saturated rings. The molecule has 2 rings (SSSR count).